The van der Waals surface area contributed by atoms with Gasteiger partial charge in [-0.2, -0.15) is 0 Å². The van der Waals surface area contributed by atoms with Crippen LogP contribution in [-0.4, -0.2) is 24.6 Å². The lowest BCUT2D eigenvalue weighted by molar-refractivity contribution is 0.282. The molecule has 2 aromatic carbocycles. The first kappa shape index (κ1) is 17.0. The number of nitrogens with zero attached hydrogens (tertiary/aromatic N) is 4. The zero-order chi connectivity index (χ0) is 18.3. The Hall–Kier alpha value is -2.47. The fourth-order valence-electron chi connectivity index (χ4n) is 3.11. The predicted molar refractivity (Wildman–Crippen MR) is 103 cm³/mol. The van der Waals surface area contributed by atoms with E-state index >= 15 is 0 Å². The molecule has 4 aromatic rings. The number of aryl methyl sites for hydroxylation is 1. The summed E-state index contributed by atoms with van der Waals surface area (Å²) in [6, 6.07) is 11.1. The van der Waals surface area contributed by atoms with Crippen molar-refractivity contribution in [1.29, 1.82) is 0 Å². The summed E-state index contributed by atoms with van der Waals surface area (Å²) in [6.45, 7) is -0.117. The highest BCUT2D eigenvalue weighted by molar-refractivity contribution is 6.31. The average Bonchev–Trinajstić information content (AvgIpc) is 3.05. The Labute approximate surface area is 159 Å². The summed E-state index contributed by atoms with van der Waals surface area (Å²) < 4.78 is 1.89. The molecule has 0 unspecified atom stereocenters. The summed E-state index contributed by atoms with van der Waals surface area (Å²) >= 11 is 12.4. The molecule has 2 heterocycles. The fraction of sp³-hybridized carbons (Fsp3) is 0.105. The fourth-order valence-corrected chi connectivity index (χ4v) is 3.47. The van der Waals surface area contributed by atoms with Gasteiger partial charge in [-0.15, -0.1) is 0 Å². The third-order valence-electron chi connectivity index (χ3n) is 4.26. The zero-order valence-corrected chi connectivity index (χ0v) is 15.3. The van der Waals surface area contributed by atoms with E-state index in [9.17, 15) is 5.11 Å². The molecule has 26 heavy (non-hydrogen) atoms. The Kier molecular flexibility index (Phi) is 4.36. The van der Waals surface area contributed by atoms with Crippen molar-refractivity contribution in [1.82, 2.24) is 19.5 Å². The van der Waals surface area contributed by atoms with Crippen LogP contribution in [0.4, 0.5) is 0 Å². The topological polar surface area (TPSA) is 63.8 Å². The summed E-state index contributed by atoms with van der Waals surface area (Å²) in [5.74, 6) is 0. The molecule has 0 atom stereocenters. The van der Waals surface area contributed by atoms with Crippen molar-refractivity contribution in [2.24, 2.45) is 7.05 Å². The smallest absolute Gasteiger partial charge is 0.223 e. The molecule has 0 fully saturated rings. The largest absolute Gasteiger partial charge is 0.392 e. The van der Waals surface area contributed by atoms with Gasteiger partial charge in [0.15, 0.2) is 0 Å². The summed E-state index contributed by atoms with van der Waals surface area (Å²) in [4.78, 5) is 13.1. The number of hydrogen-bond acceptors (Lipinski definition) is 4. The molecule has 5 nitrogen and oxygen atoms in total. The minimum Gasteiger partial charge on any atom is -0.392 e. The molecule has 0 amide bonds. The van der Waals surface area contributed by atoms with Gasteiger partial charge in [0.1, 0.15) is 0 Å². The lowest BCUT2D eigenvalue weighted by atomic mass is 9.95. The van der Waals surface area contributed by atoms with E-state index in [0.717, 1.165) is 27.8 Å². The van der Waals surface area contributed by atoms with Gasteiger partial charge in [-0.1, -0.05) is 29.8 Å². The number of halogens is 2. The second-order valence-electron chi connectivity index (χ2n) is 5.89. The molecular weight excluding hydrogens is 371 g/mol. The van der Waals surface area contributed by atoms with Crippen molar-refractivity contribution in [3.8, 4) is 22.5 Å². The lowest BCUT2D eigenvalue weighted by Crippen LogP contribution is -2.00. The first-order valence-corrected chi connectivity index (χ1v) is 8.66. The van der Waals surface area contributed by atoms with Crippen LogP contribution in [0, 0.1) is 0 Å². The highest BCUT2D eigenvalue weighted by Gasteiger charge is 2.19. The highest BCUT2D eigenvalue weighted by Crippen LogP contribution is 2.38. The van der Waals surface area contributed by atoms with Crippen molar-refractivity contribution in [3.63, 3.8) is 0 Å². The Morgan fingerprint density at radius 3 is 2.65 bits per heavy atom. The van der Waals surface area contributed by atoms with E-state index in [2.05, 4.69) is 15.0 Å². The Balaban J connectivity index is 2.17. The van der Waals surface area contributed by atoms with E-state index in [1.165, 1.54) is 0 Å². The first-order chi connectivity index (χ1) is 12.6. The number of aromatic nitrogens is 4. The van der Waals surface area contributed by atoms with Gasteiger partial charge in [-0.3, -0.25) is 0 Å². The van der Waals surface area contributed by atoms with Crippen LogP contribution in [0.15, 0.2) is 48.9 Å². The van der Waals surface area contributed by atoms with Crippen molar-refractivity contribution >= 4 is 34.1 Å². The molecule has 0 aliphatic carbocycles. The van der Waals surface area contributed by atoms with Crippen molar-refractivity contribution in [3.05, 3.63) is 64.8 Å². The van der Waals surface area contributed by atoms with E-state index < -0.39 is 0 Å². The number of aliphatic hydroxyl groups excluding tert-OH is 1. The van der Waals surface area contributed by atoms with Crippen LogP contribution in [0.2, 0.25) is 10.3 Å². The number of rotatable bonds is 3. The third kappa shape index (κ3) is 2.84. The molecule has 0 aliphatic heterocycles. The molecule has 7 heteroatoms. The Morgan fingerprint density at radius 2 is 1.96 bits per heavy atom. The molecule has 0 bridgehead atoms. The molecule has 0 saturated carbocycles. The van der Waals surface area contributed by atoms with E-state index in [1.54, 1.807) is 18.6 Å². The van der Waals surface area contributed by atoms with E-state index in [-0.39, 0.29) is 11.9 Å². The number of benzene rings is 2. The number of hydrogen-bond donors (Lipinski definition) is 1. The minimum atomic E-state index is -0.117. The molecule has 1 N–H and O–H groups in total. The van der Waals surface area contributed by atoms with Gasteiger partial charge in [0.2, 0.25) is 5.28 Å². The van der Waals surface area contributed by atoms with Gasteiger partial charge in [0.25, 0.3) is 0 Å². The van der Waals surface area contributed by atoms with Crippen LogP contribution in [0.5, 0.6) is 0 Å². The maximum atomic E-state index is 9.91. The summed E-state index contributed by atoms with van der Waals surface area (Å²) in [5.41, 5.74) is 4.62. The summed E-state index contributed by atoms with van der Waals surface area (Å²) in [6.07, 6.45) is 3.47. The third-order valence-corrected chi connectivity index (χ3v) is 4.67. The van der Waals surface area contributed by atoms with E-state index in [0.29, 0.717) is 16.2 Å². The second kappa shape index (κ2) is 6.68. The van der Waals surface area contributed by atoms with Crippen molar-refractivity contribution in [2.75, 3.05) is 0 Å². The normalized spacial score (nSPS) is 11.2. The van der Waals surface area contributed by atoms with Crippen LogP contribution >= 0.6 is 23.2 Å². The standard InChI is InChI=1S/C19H14Cl2N4O/c1-25-10-22-8-15(25)16-12(9-26)5-6-14-17(16)18(24-19(21)23-14)11-3-2-4-13(20)7-11/h2-8,10,26H,9H2,1H3. The maximum absolute atomic E-state index is 9.91. The van der Waals surface area contributed by atoms with Crippen LogP contribution in [0.3, 0.4) is 0 Å². The zero-order valence-electron chi connectivity index (χ0n) is 13.8. The first-order valence-electron chi connectivity index (χ1n) is 7.91. The summed E-state index contributed by atoms with van der Waals surface area (Å²) in [5, 5.41) is 11.5. The van der Waals surface area contributed by atoms with Gasteiger partial charge >= 0.3 is 0 Å². The van der Waals surface area contributed by atoms with E-state index in [4.69, 9.17) is 23.2 Å². The molecule has 4 rings (SSSR count). The van der Waals surface area contributed by atoms with Crippen LogP contribution in [-0.2, 0) is 13.7 Å². The molecule has 2 aromatic heterocycles. The van der Waals surface area contributed by atoms with Gasteiger partial charge < -0.3 is 9.67 Å². The molecule has 130 valence electrons. The van der Waals surface area contributed by atoms with Gasteiger partial charge in [-0.25, -0.2) is 15.0 Å². The monoisotopic (exact) mass is 384 g/mol. The molecule has 0 spiro atoms. The minimum absolute atomic E-state index is 0.117. The van der Waals surface area contributed by atoms with Gasteiger partial charge in [-0.05, 0) is 35.4 Å². The molecule has 0 aliphatic rings. The summed E-state index contributed by atoms with van der Waals surface area (Å²) in [7, 11) is 1.90. The number of fused-ring (bicyclic) bond motifs is 1. The maximum Gasteiger partial charge on any atom is 0.223 e. The molecular formula is C19H14Cl2N4O. The highest BCUT2D eigenvalue weighted by atomic mass is 35.5. The molecule has 0 saturated heterocycles. The van der Waals surface area contributed by atoms with Crippen LogP contribution < -0.4 is 0 Å². The Bertz CT molecular complexity index is 1120. The van der Waals surface area contributed by atoms with Crippen molar-refractivity contribution in [2.45, 2.75) is 6.61 Å². The quantitative estimate of drug-likeness (QED) is 0.528. The second-order valence-corrected chi connectivity index (χ2v) is 6.67. The van der Waals surface area contributed by atoms with Gasteiger partial charge in [0.05, 0.1) is 36.0 Å². The molecule has 0 radical (unpaired) electrons. The van der Waals surface area contributed by atoms with Crippen LogP contribution in [0.1, 0.15) is 5.56 Å². The predicted octanol–water partition coefficient (Wildman–Crippen LogP) is 4.50. The SMILES string of the molecule is Cn1cncc1-c1c(CO)ccc2nc(Cl)nc(-c3cccc(Cl)c3)c12. The van der Waals surface area contributed by atoms with E-state index in [1.807, 2.05) is 41.9 Å². The average molecular weight is 385 g/mol. The lowest BCUT2D eigenvalue weighted by Gasteiger charge is -2.15. The Morgan fingerprint density at radius 1 is 1.12 bits per heavy atom. The van der Waals surface area contributed by atoms with Crippen LogP contribution in [0.25, 0.3) is 33.4 Å². The number of aliphatic hydroxyl groups is 1. The van der Waals surface area contributed by atoms with Crippen molar-refractivity contribution < 1.29 is 5.11 Å². The van der Waals surface area contributed by atoms with Gasteiger partial charge in [0, 0.05) is 28.6 Å². The number of imidazole rings is 1.